The first-order valence-corrected chi connectivity index (χ1v) is 9.85. The van der Waals surface area contributed by atoms with E-state index in [1.54, 1.807) is 50.4 Å². The fraction of sp³-hybridized carbons (Fsp3) is 0.364. The molecule has 6 nitrogen and oxygen atoms in total. The summed E-state index contributed by atoms with van der Waals surface area (Å²) in [4.78, 5) is 16.1. The third-order valence-corrected chi connectivity index (χ3v) is 4.25. The zero-order chi connectivity index (χ0) is 22.7. The molecular weight excluding hydrogens is 536 g/mol. The SMILES string of the molecule is CN=C(NCCCNC(=O)c1ccccc1)NCc1ccc(C)cc1OCC(F)(F)F.I. The number of aliphatic imine (C=N–C) groups is 1. The van der Waals surface area contributed by atoms with E-state index < -0.39 is 12.8 Å². The number of nitrogens with zero attached hydrogens (tertiary/aromatic N) is 1. The van der Waals surface area contributed by atoms with Gasteiger partial charge in [0.25, 0.3) is 5.91 Å². The number of amides is 1. The smallest absolute Gasteiger partial charge is 0.422 e. The number of halogens is 4. The molecule has 2 aromatic carbocycles. The molecule has 2 rings (SSSR count). The molecule has 0 heterocycles. The number of rotatable bonds is 9. The number of alkyl halides is 3. The van der Waals surface area contributed by atoms with Gasteiger partial charge in [0.05, 0.1) is 0 Å². The Balaban J connectivity index is 0.00000512. The number of carbonyl (C=O) groups is 1. The molecule has 0 spiro atoms. The van der Waals surface area contributed by atoms with Gasteiger partial charge in [-0.15, -0.1) is 24.0 Å². The number of hydrogen-bond acceptors (Lipinski definition) is 3. The summed E-state index contributed by atoms with van der Waals surface area (Å²) in [6, 6.07) is 14.1. The second-order valence-electron chi connectivity index (χ2n) is 6.84. The molecule has 32 heavy (non-hydrogen) atoms. The fourth-order valence-electron chi connectivity index (χ4n) is 2.69. The minimum atomic E-state index is -4.40. The summed E-state index contributed by atoms with van der Waals surface area (Å²) in [5.74, 6) is 0.550. The third-order valence-electron chi connectivity index (χ3n) is 4.25. The Labute approximate surface area is 203 Å². The maximum absolute atomic E-state index is 12.5. The monoisotopic (exact) mass is 564 g/mol. The van der Waals surface area contributed by atoms with E-state index in [0.29, 0.717) is 36.6 Å². The summed E-state index contributed by atoms with van der Waals surface area (Å²) in [7, 11) is 1.60. The Morgan fingerprint density at radius 2 is 1.72 bits per heavy atom. The number of hydrogen-bond donors (Lipinski definition) is 3. The van der Waals surface area contributed by atoms with Crippen LogP contribution in [0.5, 0.6) is 5.75 Å². The van der Waals surface area contributed by atoms with E-state index in [-0.39, 0.29) is 42.2 Å². The van der Waals surface area contributed by atoms with Crippen molar-refractivity contribution >= 4 is 35.8 Å². The first-order valence-electron chi connectivity index (χ1n) is 9.85. The standard InChI is InChI=1S/C22H27F3N4O2.HI/c1-16-9-10-18(19(13-16)31-15-22(23,24)25)14-29-21(26-2)28-12-6-11-27-20(30)17-7-4-3-5-8-17;/h3-5,7-10,13H,6,11-12,14-15H2,1-2H3,(H,27,30)(H2,26,28,29);1H. The van der Waals surface area contributed by atoms with E-state index in [9.17, 15) is 18.0 Å². The highest BCUT2D eigenvalue weighted by Gasteiger charge is 2.28. The van der Waals surface area contributed by atoms with Gasteiger partial charge in [-0.25, -0.2) is 0 Å². The molecule has 0 saturated carbocycles. The van der Waals surface area contributed by atoms with Gasteiger partial charge < -0.3 is 20.7 Å². The molecular formula is C22H28F3IN4O2. The summed E-state index contributed by atoms with van der Waals surface area (Å²) in [5.41, 5.74) is 2.00. The van der Waals surface area contributed by atoms with Gasteiger partial charge in [0.1, 0.15) is 5.75 Å². The first kappa shape index (κ1) is 27.5. The lowest BCUT2D eigenvalue weighted by Gasteiger charge is -2.16. The van der Waals surface area contributed by atoms with E-state index >= 15 is 0 Å². The van der Waals surface area contributed by atoms with E-state index in [0.717, 1.165) is 5.56 Å². The van der Waals surface area contributed by atoms with Crippen LogP contribution in [0, 0.1) is 6.92 Å². The molecule has 2 aromatic rings. The molecule has 0 aliphatic carbocycles. The molecule has 3 N–H and O–H groups in total. The third kappa shape index (κ3) is 10.2. The minimum absolute atomic E-state index is 0. The van der Waals surface area contributed by atoms with Gasteiger partial charge in [0.2, 0.25) is 0 Å². The van der Waals surface area contributed by atoms with Crippen molar-refractivity contribution in [2.24, 2.45) is 4.99 Å². The van der Waals surface area contributed by atoms with E-state index in [2.05, 4.69) is 20.9 Å². The molecule has 176 valence electrons. The Morgan fingerprint density at radius 3 is 2.38 bits per heavy atom. The van der Waals surface area contributed by atoms with Crippen LogP contribution in [0.1, 0.15) is 27.9 Å². The molecule has 0 saturated heterocycles. The Hall–Kier alpha value is -2.50. The topological polar surface area (TPSA) is 74.8 Å². The second-order valence-corrected chi connectivity index (χ2v) is 6.84. The van der Waals surface area contributed by atoms with Crippen LogP contribution in [-0.4, -0.2) is 44.8 Å². The van der Waals surface area contributed by atoms with Crippen molar-refractivity contribution in [1.29, 1.82) is 0 Å². The van der Waals surface area contributed by atoms with Crippen LogP contribution < -0.4 is 20.7 Å². The Kier molecular flexibility index (Phi) is 11.9. The number of guanidine groups is 1. The van der Waals surface area contributed by atoms with Crippen LogP contribution in [0.2, 0.25) is 0 Å². The van der Waals surface area contributed by atoms with Crippen molar-refractivity contribution in [2.45, 2.75) is 26.1 Å². The van der Waals surface area contributed by atoms with Crippen molar-refractivity contribution in [2.75, 3.05) is 26.7 Å². The average molecular weight is 564 g/mol. The molecule has 0 aliphatic heterocycles. The molecule has 10 heteroatoms. The van der Waals surface area contributed by atoms with Crippen LogP contribution in [-0.2, 0) is 6.54 Å². The zero-order valence-electron chi connectivity index (χ0n) is 18.0. The van der Waals surface area contributed by atoms with Gasteiger partial charge in [0.15, 0.2) is 12.6 Å². The Morgan fingerprint density at radius 1 is 1.03 bits per heavy atom. The quantitative estimate of drug-likeness (QED) is 0.186. The van der Waals surface area contributed by atoms with Crippen molar-refractivity contribution in [1.82, 2.24) is 16.0 Å². The van der Waals surface area contributed by atoms with Crippen LogP contribution in [0.4, 0.5) is 13.2 Å². The molecule has 0 aliphatic rings. The number of carbonyl (C=O) groups excluding carboxylic acids is 1. The summed E-state index contributed by atoms with van der Waals surface area (Å²) < 4.78 is 42.4. The molecule has 0 atom stereocenters. The Bertz CT molecular complexity index is 877. The highest BCUT2D eigenvalue weighted by molar-refractivity contribution is 14.0. The van der Waals surface area contributed by atoms with Gasteiger partial charge >= 0.3 is 6.18 Å². The molecule has 0 unspecified atom stereocenters. The largest absolute Gasteiger partial charge is 0.484 e. The summed E-state index contributed by atoms with van der Waals surface area (Å²) >= 11 is 0. The van der Waals surface area contributed by atoms with Gasteiger partial charge in [-0.3, -0.25) is 9.79 Å². The van der Waals surface area contributed by atoms with Crippen molar-refractivity contribution in [3.63, 3.8) is 0 Å². The lowest BCUT2D eigenvalue weighted by molar-refractivity contribution is -0.153. The van der Waals surface area contributed by atoms with Crippen LogP contribution in [0.15, 0.2) is 53.5 Å². The molecule has 0 aromatic heterocycles. The second kappa shape index (κ2) is 13.8. The van der Waals surface area contributed by atoms with Crippen molar-refractivity contribution in [3.05, 3.63) is 65.2 Å². The lowest BCUT2D eigenvalue weighted by Crippen LogP contribution is -2.38. The summed E-state index contributed by atoms with van der Waals surface area (Å²) in [6.07, 6.45) is -3.73. The highest BCUT2D eigenvalue weighted by Crippen LogP contribution is 2.23. The molecule has 0 radical (unpaired) electrons. The minimum Gasteiger partial charge on any atom is -0.484 e. The number of aryl methyl sites for hydroxylation is 1. The summed E-state index contributed by atoms with van der Waals surface area (Å²) in [6.45, 7) is 1.74. The molecule has 0 fully saturated rings. The van der Waals surface area contributed by atoms with Gasteiger partial charge in [-0.05, 0) is 37.1 Å². The number of nitrogens with one attached hydrogen (secondary N) is 3. The predicted octanol–water partition coefficient (Wildman–Crippen LogP) is 4.04. The lowest BCUT2D eigenvalue weighted by atomic mass is 10.1. The van der Waals surface area contributed by atoms with E-state index in [1.165, 1.54) is 0 Å². The van der Waals surface area contributed by atoms with Gasteiger partial charge in [-0.1, -0.05) is 30.3 Å². The van der Waals surface area contributed by atoms with Crippen LogP contribution in [0.3, 0.4) is 0 Å². The zero-order valence-corrected chi connectivity index (χ0v) is 20.3. The molecule has 0 bridgehead atoms. The highest BCUT2D eigenvalue weighted by atomic mass is 127. The maximum atomic E-state index is 12.5. The first-order chi connectivity index (χ1) is 14.8. The van der Waals surface area contributed by atoms with Crippen molar-refractivity contribution < 1.29 is 22.7 Å². The van der Waals surface area contributed by atoms with E-state index in [4.69, 9.17) is 4.74 Å². The van der Waals surface area contributed by atoms with Crippen LogP contribution in [0.25, 0.3) is 0 Å². The summed E-state index contributed by atoms with van der Waals surface area (Å²) in [5, 5.41) is 9.01. The van der Waals surface area contributed by atoms with Crippen LogP contribution >= 0.6 is 24.0 Å². The molecule has 1 amide bonds. The average Bonchev–Trinajstić information content (AvgIpc) is 2.75. The van der Waals surface area contributed by atoms with Crippen molar-refractivity contribution in [3.8, 4) is 5.75 Å². The number of ether oxygens (including phenoxy) is 1. The van der Waals surface area contributed by atoms with E-state index in [1.807, 2.05) is 12.1 Å². The normalized spacial score (nSPS) is 11.3. The predicted molar refractivity (Wildman–Crippen MR) is 130 cm³/mol. The maximum Gasteiger partial charge on any atom is 0.422 e. The number of benzene rings is 2. The fourth-order valence-corrected chi connectivity index (χ4v) is 2.69. The van der Waals surface area contributed by atoms with Gasteiger partial charge in [0, 0.05) is 37.8 Å². The van der Waals surface area contributed by atoms with Gasteiger partial charge in [-0.2, -0.15) is 13.2 Å².